The van der Waals surface area contributed by atoms with Crippen molar-refractivity contribution in [3.8, 4) is 5.75 Å². The van der Waals surface area contributed by atoms with E-state index in [2.05, 4.69) is 54.1 Å². The highest BCUT2D eigenvalue weighted by atomic mass is 16.5. The van der Waals surface area contributed by atoms with Crippen molar-refractivity contribution >= 4 is 0 Å². The van der Waals surface area contributed by atoms with Crippen LogP contribution in [0.15, 0.2) is 30.3 Å². The number of nitrogens with zero attached hydrogens (tertiary/aromatic N) is 2. The zero-order chi connectivity index (χ0) is 15.1. The highest BCUT2D eigenvalue weighted by Gasteiger charge is 2.04. The van der Waals surface area contributed by atoms with Gasteiger partial charge in [0.1, 0.15) is 12.4 Å². The van der Waals surface area contributed by atoms with Crippen LogP contribution >= 0.6 is 0 Å². The van der Waals surface area contributed by atoms with Crippen molar-refractivity contribution in [2.75, 3.05) is 13.2 Å². The molecule has 1 heterocycles. The lowest BCUT2D eigenvalue weighted by atomic mass is 10.2. The third kappa shape index (κ3) is 4.60. The number of hydrogen-bond acceptors (Lipinski definition) is 3. The predicted octanol–water partition coefficient (Wildman–Crippen LogP) is 2.94. The molecule has 1 N–H and O–H groups in total. The van der Waals surface area contributed by atoms with Gasteiger partial charge < -0.3 is 10.1 Å². The molecule has 0 saturated heterocycles. The van der Waals surface area contributed by atoms with Gasteiger partial charge in [0.15, 0.2) is 0 Å². The summed E-state index contributed by atoms with van der Waals surface area (Å²) in [6.45, 7) is 9.57. The Morgan fingerprint density at radius 3 is 2.81 bits per heavy atom. The Morgan fingerprint density at radius 2 is 2.10 bits per heavy atom. The number of rotatable bonds is 8. The summed E-state index contributed by atoms with van der Waals surface area (Å²) in [5.41, 5.74) is 3.62. The Labute approximate surface area is 127 Å². The molecule has 0 aliphatic carbocycles. The van der Waals surface area contributed by atoms with E-state index in [1.54, 1.807) is 0 Å². The average Bonchev–Trinajstić information content (AvgIpc) is 2.89. The van der Waals surface area contributed by atoms with Crippen LogP contribution in [0.2, 0.25) is 0 Å². The van der Waals surface area contributed by atoms with Gasteiger partial charge in [0.2, 0.25) is 0 Å². The Hall–Kier alpha value is -1.81. The first kappa shape index (κ1) is 15.6. The van der Waals surface area contributed by atoms with Crippen molar-refractivity contribution in [2.45, 2.75) is 40.3 Å². The molecule has 0 bridgehead atoms. The molecular weight excluding hydrogens is 262 g/mol. The maximum atomic E-state index is 5.72. The van der Waals surface area contributed by atoms with Gasteiger partial charge in [-0.15, -0.1) is 0 Å². The molecule has 21 heavy (non-hydrogen) atoms. The molecule has 0 fully saturated rings. The molecule has 4 heteroatoms. The van der Waals surface area contributed by atoms with Crippen molar-refractivity contribution in [2.24, 2.45) is 0 Å². The van der Waals surface area contributed by atoms with Crippen molar-refractivity contribution in [3.63, 3.8) is 0 Å². The molecule has 0 amide bonds. The summed E-state index contributed by atoms with van der Waals surface area (Å²) in [5.74, 6) is 0.934. The zero-order valence-electron chi connectivity index (χ0n) is 13.2. The van der Waals surface area contributed by atoms with Crippen LogP contribution in [0.5, 0.6) is 5.75 Å². The molecule has 0 spiro atoms. The molecule has 0 radical (unpaired) electrons. The van der Waals surface area contributed by atoms with Crippen LogP contribution in [0.3, 0.4) is 0 Å². The van der Waals surface area contributed by atoms with E-state index in [1.165, 1.54) is 11.3 Å². The minimum atomic E-state index is 0.671. The summed E-state index contributed by atoms with van der Waals surface area (Å²) in [6, 6.07) is 10.3. The van der Waals surface area contributed by atoms with Crippen LogP contribution in [-0.4, -0.2) is 22.9 Å². The maximum absolute atomic E-state index is 5.72. The topological polar surface area (TPSA) is 39.1 Å². The maximum Gasteiger partial charge on any atom is 0.119 e. The van der Waals surface area contributed by atoms with E-state index in [1.807, 2.05) is 12.1 Å². The molecule has 1 aromatic heterocycles. The molecule has 1 aromatic carbocycles. The van der Waals surface area contributed by atoms with Gasteiger partial charge in [-0.05, 0) is 44.0 Å². The molecule has 2 rings (SSSR count). The van der Waals surface area contributed by atoms with Crippen LogP contribution in [-0.2, 0) is 19.5 Å². The van der Waals surface area contributed by atoms with Gasteiger partial charge in [0.25, 0.3) is 0 Å². The standard InChI is InChI=1S/C17H25N3O/c1-4-15-12-16(20(5-2)19-15)13-18-9-10-21-17-8-6-7-14(3)11-17/h6-8,11-12,18H,4-5,9-10,13H2,1-3H3. The Bertz CT molecular complexity index is 563. The summed E-state index contributed by atoms with van der Waals surface area (Å²) in [7, 11) is 0. The van der Waals surface area contributed by atoms with Crippen molar-refractivity contribution in [1.29, 1.82) is 0 Å². The fourth-order valence-electron chi connectivity index (χ4n) is 2.27. The number of aromatic nitrogens is 2. The van der Waals surface area contributed by atoms with Gasteiger partial charge >= 0.3 is 0 Å². The highest BCUT2D eigenvalue weighted by molar-refractivity contribution is 5.27. The number of benzene rings is 1. The van der Waals surface area contributed by atoms with E-state index in [4.69, 9.17) is 4.74 Å². The van der Waals surface area contributed by atoms with E-state index in [9.17, 15) is 0 Å². The minimum Gasteiger partial charge on any atom is -0.492 e. The quantitative estimate of drug-likeness (QED) is 0.759. The smallest absolute Gasteiger partial charge is 0.119 e. The monoisotopic (exact) mass is 287 g/mol. The van der Waals surface area contributed by atoms with Crippen LogP contribution < -0.4 is 10.1 Å². The third-order valence-corrected chi connectivity index (χ3v) is 3.42. The van der Waals surface area contributed by atoms with E-state index in [0.29, 0.717) is 6.61 Å². The summed E-state index contributed by atoms with van der Waals surface area (Å²) in [5, 5.41) is 7.96. The Kier molecular flexibility index (Phi) is 5.81. The number of ether oxygens (including phenoxy) is 1. The molecule has 0 unspecified atom stereocenters. The highest BCUT2D eigenvalue weighted by Crippen LogP contribution is 2.11. The molecule has 0 saturated carbocycles. The van der Waals surface area contributed by atoms with Crippen LogP contribution in [0.1, 0.15) is 30.8 Å². The molecule has 114 valence electrons. The van der Waals surface area contributed by atoms with Crippen molar-refractivity contribution < 1.29 is 4.74 Å². The van der Waals surface area contributed by atoms with Crippen LogP contribution in [0.25, 0.3) is 0 Å². The number of nitrogens with one attached hydrogen (secondary N) is 1. The lowest BCUT2D eigenvalue weighted by Gasteiger charge is -2.09. The second-order valence-electron chi connectivity index (χ2n) is 5.14. The summed E-state index contributed by atoms with van der Waals surface area (Å²) < 4.78 is 7.79. The molecule has 2 aromatic rings. The van der Waals surface area contributed by atoms with E-state index in [0.717, 1.165) is 37.5 Å². The molecular formula is C17H25N3O. The normalized spacial score (nSPS) is 10.8. The summed E-state index contributed by atoms with van der Waals surface area (Å²) in [6.07, 6.45) is 0.983. The Morgan fingerprint density at radius 1 is 1.24 bits per heavy atom. The van der Waals surface area contributed by atoms with Crippen molar-refractivity contribution in [3.05, 3.63) is 47.3 Å². The van der Waals surface area contributed by atoms with Crippen LogP contribution in [0.4, 0.5) is 0 Å². The zero-order valence-corrected chi connectivity index (χ0v) is 13.2. The molecule has 0 aliphatic heterocycles. The lowest BCUT2D eigenvalue weighted by Crippen LogP contribution is -2.22. The average molecular weight is 287 g/mol. The number of aryl methyl sites for hydroxylation is 3. The predicted molar refractivity (Wildman–Crippen MR) is 85.7 cm³/mol. The summed E-state index contributed by atoms with van der Waals surface area (Å²) >= 11 is 0. The van der Waals surface area contributed by atoms with Gasteiger partial charge in [-0.3, -0.25) is 4.68 Å². The number of hydrogen-bond donors (Lipinski definition) is 1. The second-order valence-corrected chi connectivity index (χ2v) is 5.14. The third-order valence-electron chi connectivity index (χ3n) is 3.42. The van der Waals surface area contributed by atoms with Gasteiger partial charge in [0.05, 0.1) is 11.4 Å². The van der Waals surface area contributed by atoms with E-state index < -0.39 is 0 Å². The fourth-order valence-corrected chi connectivity index (χ4v) is 2.27. The van der Waals surface area contributed by atoms with Crippen molar-refractivity contribution in [1.82, 2.24) is 15.1 Å². The van der Waals surface area contributed by atoms with Crippen LogP contribution in [0, 0.1) is 6.92 Å². The molecule has 4 nitrogen and oxygen atoms in total. The summed E-state index contributed by atoms with van der Waals surface area (Å²) in [4.78, 5) is 0. The van der Waals surface area contributed by atoms with Gasteiger partial charge in [-0.25, -0.2) is 0 Å². The first-order valence-corrected chi connectivity index (χ1v) is 7.68. The Balaban J connectivity index is 1.73. The first-order valence-electron chi connectivity index (χ1n) is 7.68. The largest absolute Gasteiger partial charge is 0.492 e. The SMILES string of the molecule is CCc1cc(CNCCOc2cccc(C)c2)n(CC)n1. The first-order chi connectivity index (χ1) is 10.2. The van der Waals surface area contributed by atoms with Gasteiger partial charge in [-0.1, -0.05) is 19.1 Å². The van der Waals surface area contributed by atoms with Gasteiger partial charge in [0, 0.05) is 19.6 Å². The lowest BCUT2D eigenvalue weighted by molar-refractivity contribution is 0.312. The van der Waals surface area contributed by atoms with E-state index in [-0.39, 0.29) is 0 Å². The fraction of sp³-hybridized carbons (Fsp3) is 0.471. The minimum absolute atomic E-state index is 0.671. The molecule has 0 atom stereocenters. The second kappa shape index (κ2) is 7.84. The van der Waals surface area contributed by atoms with E-state index >= 15 is 0 Å². The molecule has 0 aliphatic rings. The van der Waals surface area contributed by atoms with Gasteiger partial charge in [-0.2, -0.15) is 5.10 Å².